The van der Waals surface area contributed by atoms with Gasteiger partial charge in [0.15, 0.2) is 0 Å². The number of pyridine rings is 1. The number of halogens is 1. The number of anilines is 1. The average molecular weight is 199 g/mol. The highest BCUT2D eigenvalue weighted by molar-refractivity contribution is 6.18. The highest BCUT2D eigenvalue weighted by Crippen LogP contribution is 2.10. The van der Waals surface area contributed by atoms with Crippen molar-refractivity contribution in [3.63, 3.8) is 0 Å². The van der Waals surface area contributed by atoms with E-state index in [-0.39, 0.29) is 0 Å². The lowest BCUT2D eigenvalue weighted by molar-refractivity contribution is 0.846. The van der Waals surface area contributed by atoms with Crippen LogP contribution in [0.15, 0.2) is 18.2 Å². The van der Waals surface area contributed by atoms with Gasteiger partial charge in [-0.3, -0.25) is 0 Å². The molecule has 0 saturated carbocycles. The summed E-state index contributed by atoms with van der Waals surface area (Å²) in [5.74, 6) is 1.66. The molecule has 0 radical (unpaired) electrons. The fourth-order valence-electron chi connectivity index (χ4n) is 1.24. The third-order valence-electron chi connectivity index (χ3n) is 1.93. The van der Waals surface area contributed by atoms with E-state index in [1.165, 1.54) is 0 Å². The molecule has 0 atom stereocenters. The second-order valence-electron chi connectivity index (χ2n) is 2.91. The Hall–Kier alpha value is -0.760. The van der Waals surface area contributed by atoms with E-state index in [1.54, 1.807) is 0 Å². The van der Waals surface area contributed by atoms with E-state index >= 15 is 0 Å². The Labute approximate surface area is 84.5 Å². The van der Waals surface area contributed by atoms with Gasteiger partial charge in [-0.25, -0.2) is 4.98 Å². The molecule has 0 aliphatic heterocycles. The first-order valence-electron chi connectivity index (χ1n) is 4.52. The van der Waals surface area contributed by atoms with Gasteiger partial charge in [-0.1, -0.05) is 6.07 Å². The maximum atomic E-state index is 5.70. The number of alkyl halides is 1. The van der Waals surface area contributed by atoms with Crippen molar-refractivity contribution in [2.75, 3.05) is 23.9 Å². The van der Waals surface area contributed by atoms with Crippen molar-refractivity contribution in [1.82, 2.24) is 4.98 Å². The summed E-state index contributed by atoms with van der Waals surface area (Å²) in [6.07, 6.45) is 0. The lowest BCUT2D eigenvalue weighted by atomic mass is 10.3. The molecule has 72 valence electrons. The van der Waals surface area contributed by atoms with Crippen LogP contribution in [0.2, 0.25) is 0 Å². The lowest BCUT2D eigenvalue weighted by Crippen LogP contribution is -2.25. The van der Waals surface area contributed by atoms with E-state index < -0.39 is 0 Å². The first kappa shape index (κ1) is 10.3. The second-order valence-corrected chi connectivity index (χ2v) is 3.28. The van der Waals surface area contributed by atoms with Crippen LogP contribution in [0.5, 0.6) is 0 Å². The van der Waals surface area contributed by atoms with Crippen molar-refractivity contribution in [2.45, 2.75) is 13.8 Å². The van der Waals surface area contributed by atoms with Crippen LogP contribution in [0.3, 0.4) is 0 Å². The van der Waals surface area contributed by atoms with Crippen LogP contribution in [-0.4, -0.2) is 24.0 Å². The Morgan fingerprint density at radius 1 is 1.46 bits per heavy atom. The van der Waals surface area contributed by atoms with E-state index in [4.69, 9.17) is 11.6 Å². The van der Waals surface area contributed by atoms with E-state index in [9.17, 15) is 0 Å². The standard InChI is InChI=1S/C10H15ClN2/c1-3-13(8-7-11)10-6-4-5-9(2)12-10/h4-6H,3,7-8H2,1-2H3. The molecule has 0 amide bonds. The molecule has 0 N–H and O–H groups in total. The zero-order valence-corrected chi connectivity index (χ0v) is 8.88. The molecule has 0 unspecified atom stereocenters. The average Bonchev–Trinajstić information content (AvgIpc) is 2.14. The first-order chi connectivity index (χ1) is 6.27. The molecule has 3 heteroatoms. The third-order valence-corrected chi connectivity index (χ3v) is 2.10. The van der Waals surface area contributed by atoms with E-state index in [1.807, 2.05) is 25.1 Å². The zero-order chi connectivity index (χ0) is 9.68. The fraction of sp³-hybridized carbons (Fsp3) is 0.500. The molecule has 0 aromatic carbocycles. The molecule has 1 aromatic heterocycles. The zero-order valence-electron chi connectivity index (χ0n) is 8.13. The van der Waals surface area contributed by atoms with Gasteiger partial charge >= 0.3 is 0 Å². The molecule has 0 aliphatic rings. The van der Waals surface area contributed by atoms with E-state index in [0.717, 1.165) is 24.6 Å². The molecule has 13 heavy (non-hydrogen) atoms. The van der Waals surface area contributed by atoms with Gasteiger partial charge < -0.3 is 4.90 Å². The molecule has 0 fully saturated rings. The van der Waals surface area contributed by atoms with Gasteiger partial charge in [0.2, 0.25) is 0 Å². The predicted octanol–water partition coefficient (Wildman–Crippen LogP) is 2.46. The first-order valence-corrected chi connectivity index (χ1v) is 5.06. The molecule has 0 spiro atoms. The summed E-state index contributed by atoms with van der Waals surface area (Å²) < 4.78 is 0. The molecule has 1 rings (SSSR count). The highest BCUT2D eigenvalue weighted by Gasteiger charge is 2.03. The topological polar surface area (TPSA) is 16.1 Å². The predicted molar refractivity (Wildman–Crippen MR) is 57.6 cm³/mol. The van der Waals surface area contributed by atoms with Crippen molar-refractivity contribution in [3.05, 3.63) is 23.9 Å². The third kappa shape index (κ3) is 2.88. The lowest BCUT2D eigenvalue weighted by Gasteiger charge is -2.20. The molecule has 2 nitrogen and oxygen atoms in total. The minimum absolute atomic E-state index is 0.642. The Morgan fingerprint density at radius 2 is 2.23 bits per heavy atom. The minimum atomic E-state index is 0.642. The van der Waals surface area contributed by atoms with E-state index in [0.29, 0.717) is 5.88 Å². The summed E-state index contributed by atoms with van der Waals surface area (Å²) in [5.41, 5.74) is 1.05. The van der Waals surface area contributed by atoms with Crippen molar-refractivity contribution in [2.24, 2.45) is 0 Å². The number of aryl methyl sites for hydroxylation is 1. The van der Waals surface area contributed by atoms with Crippen LogP contribution < -0.4 is 4.90 Å². The Bertz CT molecular complexity index is 263. The summed E-state index contributed by atoms with van der Waals surface area (Å²) in [6.45, 7) is 5.91. The van der Waals surface area contributed by atoms with Crippen LogP contribution >= 0.6 is 11.6 Å². The van der Waals surface area contributed by atoms with Crippen LogP contribution in [0.1, 0.15) is 12.6 Å². The Balaban J connectivity index is 2.78. The number of nitrogens with zero attached hydrogens (tertiary/aromatic N) is 2. The van der Waals surface area contributed by atoms with Crippen LogP contribution in [0, 0.1) is 6.92 Å². The number of hydrogen-bond donors (Lipinski definition) is 0. The molecular formula is C10H15ClN2. The van der Waals surface area contributed by atoms with Gasteiger partial charge in [-0.15, -0.1) is 11.6 Å². The SMILES string of the molecule is CCN(CCCl)c1cccc(C)n1. The minimum Gasteiger partial charge on any atom is -0.356 e. The Morgan fingerprint density at radius 3 is 2.77 bits per heavy atom. The van der Waals surface area contributed by atoms with Gasteiger partial charge in [-0.2, -0.15) is 0 Å². The second kappa shape index (κ2) is 5.07. The summed E-state index contributed by atoms with van der Waals surface area (Å²) in [7, 11) is 0. The Kier molecular flexibility index (Phi) is 4.03. The van der Waals surface area contributed by atoms with Crippen LogP contribution in [0.4, 0.5) is 5.82 Å². The van der Waals surface area contributed by atoms with Crippen LogP contribution in [-0.2, 0) is 0 Å². The number of rotatable bonds is 4. The van der Waals surface area contributed by atoms with Gasteiger partial charge in [0.1, 0.15) is 5.82 Å². The summed E-state index contributed by atoms with van der Waals surface area (Å²) in [5, 5.41) is 0. The molecular weight excluding hydrogens is 184 g/mol. The van der Waals surface area contributed by atoms with Gasteiger partial charge in [-0.05, 0) is 26.0 Å². The summed E-state index contributed by atoms with van der Waals surface area (Å²) in [4.78, 5) is 6.60. The van der Waals surface area contributed by atoms with Gasteiger partial charge in [0.25, 0.3) is 0 Å². The molecule has 1 heterocycles. The fourth-order valence-corrected chi connectivity index (χ4v) is 1.45. The molecule has 0 saturated heterocycles. The number of hydrogen-bond acceptors (Lipinski definition) is 2. The maximum absolute atomic E-state index is 5.70. The van der Waals surface area contributed by atoms with Gasteiger partial charge in [0.05, 0.1) is 0 Å². The maximum Gasteiger partial charge on any atom is 0.128 e. The largest absolute Gasteiger partial charge is 0.356 e. The normalized spacial score (nSPS) is 10.1. The van der Waals surface area contributed by atoms with Gasteiger partial charge in [0, 0.05) is 24.7 Å². The molecule has 1 aromatic rings. The summed E-state index contributed by atoms with van der Waals surface area (Å²) >= 11 is 5.70. The monoisotopic (exact) mass is 198 g/mol. The highest BCUT2D eigenvalue weighted by atomic mass is 35.5. The van der Waals surface area contributed by atoms with E-state index in [2.05, 4.69) is 16.8 Å². The van der Waals surface area contributed by atoms with Crippen LogP contribution in [0.25, 0.3) is 0 Å². The quantitative estimate of drug-likeness (QED) is 0.691. The summed E-state index contributed by atoms with van der Waals surface area (Å²) in [6, 6.07) is 6.04. The van der Waals surface area contributed by atoms with Crippen molar-refractivity contribution < 1.29 is 0 Å². The van der Waals surface area contributed by atoms with Crippen molar-refractivity contribution in [1.29, 1.82) is 0 Å². The van der Waals surface area contributed by atoms with Crippen molar-refractivity contribution in [3.8, 4) is 0 Å². The van der Waals surface area contributed by atoms with Crippen molar-refractivity contribution >= 4 is 17.4 Å². The molecule has 0 aliphatic carbocycles. The smallest absolute Gasteiger partial charge is 0.128 e. The number of aromatic nitrogens is 1. The molecule has 0 bridgehead atoms.